The summed E-state index contributed by atoms with van der Waals surface area (Å²) in [5.74, 6) is -0.547. The van der Waals surface area contributed by atoms with Gasteiger partial charge in [0.1, 0.15) is 5.82 Å². The minimum Gasteiger partial charge on any atom is -0.339 e. The lowest BCUT2D eigenvalue weighted by Gasteiger charge is -2.36. The van der Waals surface area contributed by atoms with Crippen LogP contribution >= 0.6 is 11.6 Å². The van der Waals surface area contributed by atoms with Crippen LogP contribution in [0.1, 0.15) is 30.6 Å². The SMILES string of the molecule is CCC(C)C(=O)N1CCN(C(=O)c2ccc(F)cc2Cl)CC1. The zero-order valence-electron chi connectivity index (χ0n) is 12.8. The molecule has 1 unspecified atom stereocenters. The average Bonchev–Trinajstić information content (AvgIpc) is 2.53. The molecule has 0 radical (unpaired) electrons. The Bertz CT molecular complexity index is 571. The summed E-state index contributed by atoms with van der Waals surface area (Å²) in [4.78, 5) is 28.0. The Morgan fingerprint density at radius 1 is 1.23 bits per heavy atom. The molecule has 1 aliphatic rings. The first-order valence-electron chi connectivity index (χ1n) is 7.47. The second-order valence-corrected chi connectivity index (χ2v) is 5.96. The van der Waals surface area contributed by atoms with Crippen LogP contribution in [0, 0.1) is 11.7 Å². The Kier molecular flexibility index (Phi) is 5.40. The first-order valence-corrected chi connectivity index (χ1v) is 7.85. The highest BCUT2D eigenvalue weighted by molar-refractivity contribution is 6.33. The monoisotopic (exact) mass is 326 g/mol. The molecule has 1 saturated heterocycles. The minimum absolute atomic E-state index is 0.00814. The molecule has 0 bridgehead atoms. The van der Waals surface area contributed by atoms with Crippen molar-refractivity contribution in [1.29, 1.82) is 0 Å². The van der Waals surface area contributed by atoms with Crippen molar-refractivity contribution in [2.75, 3.05) is 26.2 Å². The molecule has 1 aromatic rings. The summed E-state index contributed by atoms with van der Waals surface area (Å²) in [5.41, 5.74) is 0.296. The maximum absolute atomic E-state index is 13.0. The Labute approximate surface area is 134 Å². The normalized spacial score (nSPS) is 16.5. The van der Waals surface area contributed by atoms with Gasteiger partial charge in [0.25, 0.3) is 5.91 Å². The Morgan fingerprint density at radius 3 is 2.36 bits per heavy atom. The van der Waals surface area contributed by atoms with Gasteiger partial charge in [-0.1, -0.05) is 25.4 Å². The van der Waals surface area contributed by atoms with E-state index in [0.29, 0.717) is 31.7 Å². The van der Waals surface area contributed by atoms with Crippen LogP contribution in [0.2, 0.25) is 5.02 Å². The Balaban J connectivity index is 1.99. The van der Waals surface area contributed by atoms with Crippen molar-refractivity contribution in [3.63, 3.8) is 0 Å². The largest absolute Gasteiger partial charge is 0.339 e. The third-order valence-corrected chi connectivity index (χ3v) is 4.39. The molecule has 0 spiro atoms. The van der Waals surface area contributed by atoms with Crippen LogP contribution < -0.4 is 0 Å². The lowest BCUT2D eigenvalue weighted by atomic mass is 10.1. The number of carbonyl (C=O) groups excluding carboxylic acids is 2. The van der Waals surface area contributed by atoms with E-state index in [4.69, 9.17) is 11.6 Å². The van der Waals surface area contributed by atoms with E-state index < -0.39 is 5.82 Å². The summed E-state index contributed by atoms with van der Waals surface area (Å²) < 4.78 is 13.0. The van der Waals surface area contributed by atoms with E-state index in [1.165, 1.54) is 12.1 Å². The maximum atomic E-state index is 13.0. The van der Waals surface area contributed by atoms with E-state index in [1.54, 1.807) is 9.80 Å². The van der Waals surface area contributed by atoms with Gasteiger partial charge in [0, 0.05) is 32.1 Å². The van der Waals surface area contributed by atoms with Gasteiger partial charge >= 0.3 is 0 Å². The fourth-order valence-corrected chi connectivity index (χ4v) is 2.70. The van der Waals surface area contributed by atoms with Gasteiger partial charge in [-0.05, 0) is 24.6 Å². The highest BCUT2D eigenvalue weighted by atomic mass is 35.5. The van der Waals surface area contributed by atoms with Crippen LogP contribution in [-0.4, -0.2) is 47.8 Å². The molecule has 120 valence electrons. The maximum Gasteiger partial charge on any atom is 0.255 e. The third kappa shape index (κ3) is 3.58. The van der Waals surface area contributed by atoms with Crippen LogP contribution in [0.15, 0.2) is 18.2 Å². The van der Waals surface area contributed by atoms with Crippen molar-refractivity contribution < 1.29 is 14.0 Å². The zero-order valence-corrected chi connectivity index (χ0v) is 13.6. The van der Waals surface area contributed by atoms with E-state index >= 15 is 0 Å². The lowest BCUT2D eigenvalue weighted by Crippen LogP contribution is -2.51. The van der Waals surface area contributed by atoms with Crippen molar-refractivity contribution in [2.24, 2.45) is 5.92 Å². The summed E-state index contributed by atoms with van der Waals surface area (Å²) in [5, 5.41) is 0.114. The molecule has 0 saturated carbocycles. The molecule has 0 N–H and O–H groups in total. The van der Waals surface area contributed by atoms with Gasteiger partial charge in [-0.3, -0.25) is 9.59 Å². The average molecular weight is 327 g/mol. The van der Waals surface area contributed by atoms with E-state index in [1.807, 2.05) is 13.8 Å². The molecular weight excluding hydrogens is 307 g/mol. The molecule has 1 atom stereocenters. The lowest BCUT2D eigenvalue weighted by molar-refractivity contribution is -0.136. The van der Waals surface area contributed by atoms with Crippen LogP contribution in [0.3, 0.4) is 0 Å². The number of hydrogen-bond acceptors (Lipinski definition) is 2. The number of nitrogens with zero attached hydrogens (tertiary/aromatic N) is 2. The van der Waals surface area contributed by atoms with Crippen molar-refractivity contribution >= 4 is 23.4 Å². The van der Waals surface area contributed by atoms with Crippen LogP contribution in [-0.2, 0) is 4.79 Å². The van der Waals surface area contributed by atoms with Crippen molar-refractivity contribution in [3.8, 4) is 0 Å². The van der Waals surface area contributed by atoms with Crippen LogP contribution in [0.5, 0.6) is 0 Å². The molecule has 2 rings (SSSR count). The second kappa shape index (κ2) is 7.09. The predicted molar refractivity (Wildman–Crippen MR) is 83.3 cm³/mol. The Morgan fingerprint density at radius 2 is 1.82 bits per heavy atom. The van der Waals surface area contributed by atoms with E-state index in [9.17, 15) is 14.0 Å². The molecule has 1 fully saturated rings. The van der Waals surface area contributed by atoms with Crippen LogP contribution in [0.25, 0.3) is 0 Å². The predicted octanol–water partition coefficient (Wildman–Crippen LogP) is 2.81. The zero-order chi connectivity index (χ0) is 16.3. The minimum atomic E-state index is -0.467. The summed E-state index contributed by atoms with van der Waals surface area (Å²) in [6.07, 6.45) is 0.809. The van der Waals surface area contributed by atoms with E-state index in [-0.39, 0.29) is 22.8 Å². The van der Waals surface area contributed by atoms with Gasteiger partial charge < -0.3 is 9.80 Å². The van der Waals surface area contributed by atoms with E-state index in [2.05, 4.69) is 0 Å². The number of hydrogen-bond donors (Lipinski definition) is 0. The molecule has 0 aromatic heterocycles. The molecule has 22 heavy (non-hydrogen) atoms. The first kappa shape index (κ1) is 16.7. The van der Waals surface area contributed by atoms with Gasteiger partial charge in [0.2, 0.25) is 5.91 Å². The van der Waals surface area contributed by atoms with Crippen molar-refractivity contribution in [2.45, 2.75) is 20.3 Å². The van der Waals surface area contributed by atoms with Gasteiger partial charge in [-0.25, -0.2) is 4.39 Å². The number of benzene rings is 1. The summed E-state index contributed by atoms with van der Waals surface area (Å²) in [6, 6.07) is 3.76. The number of halogens is 2. The van der Waals surface area contributed by atoms with Crippen molar-refractivity contribution in [1.82, 2.24) is 9.80 Å². The molecule has 1 aliphatic heterocycles. The highest BCUT2D eigenvalue weighted by Crippen LogP contribution is 2.20. The molecule has 0 aliphatic carbocycles. The summed E-state index contributed by atoms with van der Waals surface area (Å²) in [7, 11) is 0. The fourth-order valence-electron chi connectivity index (χ4n) is 2.45. The van der Waals surface area contributed by atoms with Gasteiger partial charge in [-0.2, -0.15) is 0 Å². The molecule has 2 amide bonds. The fraction of sp³-hybridized carbons (Fsp3) is 0.500. The molecular formula is C16H20ClFN2O2. The second-order valence-electron chi connectivity index (χ2n) is 5.55. The number of piperazine rings is 1. The summed E-state index contributed by atoms with van der Waals surface area (Å²) in [6.45, 7) is 5.88. The number of amides is 2. The first-order chi connectivity index (χ1) is 10.4. The summed E-state index contributed by atoms with van der Waals surface area (Å²) >= 11 is 5.93. The topological polar surface area (TPSA) is 40.6 Å². The Hall–Kier alpha value is -1.62. The smallest absolute Gasteiger partial charge is 0.255 e. The van der Waals surface area contributed by atoms with Gasteiger partial charge in [-0.15, -0.1) is 0 Å². The van der Waals surface area contributed by atoms with Gasteiger partial charge in [0.15, 0.2) is 0 Å². The highest BCUT2D eigenvalue weighted by Gasteiger charge is 2.27. The molecule has 1 heterocycles. The molecule has 6 heteroatoms. The standard InChI is InChI=1S/C16H20ClFN2O2/c1-3-11(2)15(21)19-6-8-20(9-7-19)16(22)13-5-4-12(18)10-14(13)17/h4-5,10-11H,3,6-9H2,1-2H3. The number of carbonyl (C=O) groups is 2. The quantitative estimate of drug-likeness (QED) is 0.857. The third-order valence-electron chi connectivity index (χ3n) is 4.07. The van der Waals surface area contributed by atoms with E-state index in [0.717, 1.165) is 12.5 Å². The molecule has 1 aromatic carbocycles. The van der Waals surface area contributed by atoms with Crippen molar-refractivity contribution in [3.05, 3.63) is 34.6 Å². The molecule has 4 nitrogen and oxygen atoms in total. The number of rotatable bonds is 3. The van der Waals surface area contributed by atoms with Gasteiger partial charge in [0.05, 0.1) is 10.6 Å². The van der Waals surface area contributed by atoms with Crippen LogP contribution in [0.4, 0.5) is 4.39 Å².